The van der Waals surface area contributed by atoms with Crippen molar-refractivity contribution in [2.24, 2.45) is 0 Å². The summed E-state index contributed by atoms with van der Waals surface area (Å²) in [6, 6.07) is 6.44. The number of aliphatic carboxylic acids is 1. The van der Waals surface area contributed by atoms with Crippen molar-refractivity contribution in [1.82, 2.24) is 14.9 Å². The van der Waals surface area contributed by atoms with E-state index in [9.17, 15) is 9.90 Å². The van der Waals surface area contributed by atoms with Crippen LogP contribution < -0.4 is 5.32 Å². The maximum absolute atomic E-state index is 11.4. The van der Waals surface area contributed by atoms with Crippen LogP contribution in [0.25, 0.3) is 0 Å². The summed E-state index contributed by atoms with van der Waals surface area (Å²) >= 11 is 0. The molecule has 1 aliphatic heterocycles. The summed E-state index contributed by atoms with van der Waals surface area (Å²) in [5.41, 5.74) is 3.85. The lowest BCUT2D eigenvalue weighted by atomic mass is 9.91. The molecule has 0 aliphatic carbocycles. The third-order valence-electron chi connectivity index (χ3n) is 5.87. The highest BCUT2D eigenvalue weighted by Crippen LogP contribution is 2.35. The fourth-order valence-electron chi connectivity index (χ4n) is 4.23. The lowest BCUT2D eigenvalue weighted by Gasteiger charge is -2.35. The Morgan fingerprint density at radius 1 is 1.25 bits per heavy atom. The average molecular weight is 443 g/mol. The predicted molar refractivity (Wildman–Crippen MR) is 123 cm³/mol. The van der Waals surface area contributed by atoms with Crippen LogP contribution in [0.2, 0.25) is 0 Å². The molecule has 0 bridgehead atoms. The number of ether oxygens (including phenoxy) is 2. The van der Waals surface area contributed by atoms with Crippen molar-refractivity contribution in [3.63, 3.8) is 0 Å². The number of anilines is 2. The van der Waals surface area contributed by atoms with Gasteiger partial charge < -0.3 is 19.9 Å². The SMILES string of the molecule is CCc1ncc(Nc2cc([C@@H](COC)CC(=O)O)ccc2[C@@H](CC)N2CCOCC2)cn1. The number of rotatable bonds is 11. The molecule has 3 rings (SSSR count). The van der Waals surface area contributed by atoms with E-state index < -0.39 is 5.97 Å². The Morgan fingerprint density at radius 2 is 1.97 bits per heavy atom. The van der Waals surface area contributed by atoms with Crippen LogP contribution >= 0.6 is 0 Å². The Balaban J connectivity index is 1.98. The molecule has 1 fully saturated rings. The molecule has 2 atom stereocenters. The molecule has 8 heteroatoms. The van der Waals surface area contributed by atoms with Crippen molar-refractivity contribution >= 4 is 17.3 Å². The third kappa shape index (κ3) is 6.25. The van der Waals surface area contributed by atoms with E-state index in [-0.39, 0.29) is 18.4 Å². The van der Waals surface area contributed by atoms with Gasteiger partial charge in [0.2, 0.25) is 0 Å². The predicted octanol–water partition coefficient (Wildman–Crippen LogP) is 3.77. The second kappa shape index (κ2) is 11.9. The molecule has 0 unspecified atom stereocenters. The van der Waals surface area contributed by atoms with Gasteiger partial charge in [0.05, 0.1) is 44.3 Å². The van der Waals surface area contributed by atoms with Crippen LogP contribution in [0.4, 0.5) is 11.4 Å². The Kier molecular flexibility index (Phi) is 8.96. The standard InChI is InChI=1S/C24H34N4O4/c1-4-22(28-8-10-32-11-9-28)20-7-6-17(18(16-31-3)13-24(29)30)12-21(20)27-19-14-25-23(5-2)26-15-19/h6-7,12,14-15,18,22,27H,4-5,8-11,13,16H2,1-3H3,(H,29,30)/t18-,22-/m1/s1. The van der Waals surface area contributed by atoms with E-state index in [4.69, 9.17) is 9.47 Å². The Morgan fingerprint density at radius 3 is 2.56 bits per heavy atom. The maximum atomic E-state index is 11.4. The molecule has 0 amide bonds. The van der Waals surface area contributed by atoms with Gasteiger partial charge in [-0.3, -0.25) is 9.69 Å². The molecule has 2 heterocycles. The molecule has 174 valence electrons. The topological polar surface area (TPSA) is 96.8 Å². The molecular weight excluding hydrogens is 408 g/mol. The molecule has 2 N–H and O–H groups in total. The van der Waals surface area contributed by atoms with Gasteiger partial charge in [0, 0.05) is 44.3 Å². The van der Waals surface area contributed by atoms with Crippen molar-refractivity contribution in [2.75, 3.05) is 45.3 Å². The van der Waals surface area contributed by atoms with Crippen LogP contribution in [0.15, 0.2) is 30.6 Å². The molecule has 0 spiro atoms. The number of carboxylic acid groups (broad SMARTS) is 1. The van der Waals surface area contributed by atoms with Crippen molar-refractivity contribution < 1.29 is 19.4 Å². The van der Waals surface area contributed by atoms with Gasteiger partial charge in [-0.15, -0.1) is 0 Å². The highest BCUT2D eigenvalue weighted by molar-refractivity contribution is 5.69. The molecule has 1 aromatic carbocycles. The fourth-order valence-corrected chi connectivity index (χ4v) is 4.23. The summed E-state index contributed by atoms with van der Waals surface area (Å²) in [6.07, 6.45) is 5.34. The van der Waals surface area contributed by atoms with Crippen LogP contribution in [-0.2, 0) is 20.7 Å². The monoisotopic (exact) mass is 442 g/mol. The van der Waals surface area contributed by atoms with E-state index in [0.717, 1.165) is 61.9 Å². The Bertz CT molecular complexity index is 869. The first-order valence-corrected chi connectivity index (χ1v) is 11.3. The number of morpholine rings is 1. The zero-order chi connectivity index (χ0) is 22.9. The third-order valence-corrected chi connectivity index (χ3v) is 5.87. The molecule has 32 heavy (non-hydrogen) atoms. The Hall–Kier alpha value is -2.55. The average Bonchev–Trinajstić information content (AvgIpc) is 2.81. The van der Waals surface area contributed by atoms with Gasteiger partial charge in [0.15, 0.2) is 0 Å². The summed E-state index contributed by atoms with van der Waals surface area (Å²) in [5.74, 6) is -0.269. The normalized spacial score (nSPS) is 16.5. The largest absolute Gasteiger partial charge is 0.481 e. The van der Waals surface area contributed by atoms with Crippen molar-refractivity contribution in [2.45, 2.75) is 45.1 Å². The van der Waals surface area contributed by atoms with Crippen LogP contribution in [-0.4, -0.2) is 66.0 Å². The molecule has 2 aromatic rings. The van der Waals surface area contributed by atoms with Crippen molar-refractivity contribution in [1.29, 1.82) is 0 Å². The van der Waals surface area contributed by atoms with Crippen LogP contribution in [0.5, 0.6) is 0 Å². The lowest BCUT2D eigenvalue weighted by Crippen LogP contribution is -2.39. The zero-order valence-corrected chi connectivity index (χ0v) is 19.2. The smallest absolute Gasteiger partial charge is 0.304 e. The number of benzene rings is 1. The minimum Gasteiger partial charge on any atom is -0.481 e. The lowest BCUT2D eigenvalue weighted by molar-refractivity contribution is -0.137. The minimum atomic E-state index is -0.839. The summed E-state index contributed by atoms with van der Waals surface area (Å²) in [6.45, 7) is 7.81. The van der Waals surface area contributed by atoms with Gasteiger partial charge in [0.25, 0.3) is 0 Å². The quantitative estimate of drug-likeness (QED) is 0.543. The highest BCUT2D eigenvalue weighted by atomic mass is 16.5. The number of aromatic nitrogens is 2. The number of aryl methyl sites for hydroxylation is 1. The highest BCUT2D eigenvalue weighted by Gasteiger charge is 2.25. The fraction of sp³-hybridized carbons (Fsp3) is 0.542. The molecule has 8 nitrogen and oxygen atoms in total. The van der Waals surface area contributed by atoms with Crippen molar-refractivity contribution in [3.05, 3.63) is 47.5 Å². The van der Waals surface area contributed by atoms with Crippen LogP contribution in [0, 0.1) is 0 Å². The number of hydrogen-bond donors (Lipinski definition) is 2. The van der Waals surface area contributed by atoms with Crippen LogP contribution in [0.1, 0.15) is 55.6 Å². The zero-order valence-electron chi connectivity index (χ0n) is 19.2. The number of hydrogen-bond acceptors (Lipinski definition) is 7. The number of nitrogens with one attached hydrogen (secondary N) is 1. The first kappa shape index (κ1) is 24.1. The Labute approximate surface area is 190 Å². The molecule has 0 radical (unpaired) electrons. The molecule has 0 saturated carbocycles. The van der Waals surface area contributed by atoms with E-state index in [1.54, 1.807) is 19.5 Å². The van der Waals surface area contributed by atoms with Gasteiger partial charge in [-0.05, 0) is 23.6 Å². The van der Waals surface area contributed by atoms with Crippen molar-refractivity contribution in [3.8, 4) is 0 Å². The van der Waals surface area contributed by atoms with E-state index in [1.165, 1.54) is 5.56 Å². The van der Waals surface area contributed by atoms with Gasteiger partial charge >= 0.3 is 5.97 Å². The van der Waals surface area contributed by atoms with Gasteiger partial charge in [-0.1, -0.05) is 26.0 Å². The minimum absolute atomic E-state index is 0.0155. The number of carbonyl (C=O) groups is 1. The van der Waals surface area contributed by atoms with E-state index in [1.807, 2.05) is 13.0 Å². The van der Waals surface area contributed by atoms with E-state index in [2.05, 4.69) is 39.2 Å². The maximum Gasteiger partial charge on any atom is 0.304 e. The second-order valence-electron chi connectivity index (χ2n) is 8.04. The van der Waals surface area contributed by atoms with Gasteiger partial charge in [-0.2, -0.15) is 0 Å². The first-order chi connectivity index (χ1) is 15.5. The molecular formula is C24H34N4O4. The summed E-state index contributed by atoms with van der Waals surface area (Å²) in [4.78, 5) is 22.7. The summed E-state index contributed by atoms with van der Waals surface area (Å²) in [7, 11) is 1.60. The summed E-state index contributed by atoms with van der Waals surface area (Å²) < 4.78 is 10.9. The molecule has 1 saturated heterocycles. The first-order valence-electron chi connectivity index (χ1n) is 11.3. The second-order valence-corrected chi connectivity index (χ2v) is 8.04. The molecule has 1 aliphatic rings. The summed E-state index contributed by atoms with van der Waals surface area (Å²) in [5, 5.41) is 12.9. The number of carboxylic acids is 1. The van der Waals surface area contributed by atoms with Gasteiger partial charge in [0.1, 0.15) is 5.82 Å². The van der Waals surface area contributed by atoms with Crippen LogP contribution in [0.3, 0.4) is 0 Å². The van der Waals surface area contributed by atoms with Gasteiger partial charge in [-0.25, -0.2) is 9.97 Å². The number of nitrogens with zero attached hydrogens (tertiary/aromatic N) is 3. The number of methoxy groups -OCH3 is 1. The van der Waals surface area contributed by atoms with E-state index in [0.29, 0.717) is 6.61 Å². The van der Waals surface area contributed by atoms with E-state index >= 15 is 0 Å². The molecule has 1 aromatic heterocycles.